The molecule has 0 amide bonds. The molecule has 0 saturated carbocycles. The van der Waals surface area contributed by atoms with E-state index in [4.69, 9.17) is 10.5 Å². The minimum atomic E-state index is 0.537. The highest BCUT2D eigenvalue weighted by atomic mass is 16.5. The summed E-state index contributed by atoms with van der Waals surface area (Å²) < 4.78 is 5.37. The number of morpholine rings is 1. The van der Waals surface area contributed by atoms with E-state index in [9.17, 15) is 0 Å². The van der Waals surface area contributed by atoms with Gasteiger partial charge in [-0.25, -0.2) is 4.99 Å². The van der Waals surface area contributed by atoms with Gasteiger partial charge in [-0.2, -0.15) is 0 Å². The Bertz CT molecular complexity index is 602. The zero-order valence-electron chi connectivity index (χ0n) is 11.9. The van der Waals surface area contributed by atoms with Crippen molar-refractivity contribution < 1.29 is 4.74 Å². The van der Waals surface area contributed by atoms with E-state index in [1.54, 1.807) is 0 Å². The SMILES string of the molecule is NC(=Nc1ccc(N2CCOCC2)cc1)c1ccccc1. The Hall–Kier alpha value is -2.33. The first-order chi connectivity index (χ1) is 10.3. The van der Waals surface area contributed by atoms with Gasteiger partial charge in [-0.05, 0) is 24.3 Å². The van der Waals surface area contributed by atoms with Crippen molar-refractivity contribution in [2.24, 2.45) is 10.7 Å². The second-order valence-electron chi connectivity index (χ2n) is 4.98. The molecule has 0 aromatic heterocycles. The summed E-state index contributed by atoms with van der Waals surface area (Å²) in [5, 5.41) is 0. The van der Waals surface area contributed by atoms with E-state index >= 15 is 0 Å². The van der Waals surface area contributed by atoms with Gasteiger partial charge in [-0.3, -0.25) is 0 Å². The lowest BCUT2D eigenvalue weighted by Crippen LogP contribution is -2.36. The predicted octanol–water partition coefficient (Wildman–Crippen LogP) is 2.56. The van der Waals surface area contributed by atoms with Crippen LogP contribution in [0, 0.1) is 0 Å². The fourth-order valence-corrected chi connectivity index (χ4v) is 2.37. The van der Waals surface area contributed by atoms with Crippen LogP contribution in [0.2, 0.25) is 0 Å². The van der Waals surface area contributed by atoms with Crippen molar-refractivity contribution in [3.63, 3.8) is 0 Å². The molecule has 0 unspecified atom stereocenters. The molecule has 3 rings (SSSR count). The fourth-order valence-electron chi connectivity index (χ4n) is 2.37. The molecular weight excluding hydrogens is 262 g/mol. The number of rotatable bonds is 3. The van der Waals surface area contributed by atoms with Gasteiger partial charge in [0.2, 0.25) is 0 Å². The van der Waals surface area contributed by atoms with Crippen molar-refractivity contribution in [1.29, 1.82) is 0 Å². The van der Waals surface area contributed by atoms with Crippen LogP contribution < -0.4 is 10.6 Å². The number of nitrogens with two attached hydrogens (primary N) is 1. The molecule has 1 aliphatic heterocycles. The Morgan fingerprint density at radius 2 is 1.62 bits per heavy atom. The van der Waals surface area contributed by atoms with E-state index in [0.717, 1.165) is 37.6 Å². The Labute approximate surface area is 124 Å². The highest BCUT2D eigenvalue weighted by Gasteiger charge is 2.10. The molecule has 0 aliphatic carbocycles. The molecule has 4 nitrogen and oxygen atoms in total. The molecule has 0 radical (unpaired) electrons. The maximum Gasteiger partial charge on any atom is 0.131 e. The smallest absolute Gasteiger partial charge is 0.131 e. The second-order valence-corrected chi connectivity index (χ2v) is 4.98. The van der Waals surface area contributed by atoms with Gasteiger partial charge < -0.3 is 15.4 Å². The number of hydrogen-bond acceptors (Lipinski definition) is 3. The molecule has 0 bridgehead atoms. The van der Waals surface area contributed by atoms with Crippen LogP contribution in [0.3, 0.4) is 0 Å². The maximum atomic E-state index is 6.03. The van der Waals surface area contributed by atoms with E-state index in [1.807, 2.05) is 42.5 Å². The van der Waals surface area contributed by atoms with Crippen LogP contribution in [0.1, 0.15) is 5.56 Å². The Morgan fingerprint density at radius 1 is 0.952 bits per heavy atom. The molecule has 2 aromatic rings. The van der Waals surface area contributed by atoms with Crippen LogP contribution in [-0.4, -0.2) is 32.1 Å². The zero-order valence-corrected chi connectivity index (χ0v) is 11.9. The summed E-state index contributed by atoms with van der Waals surface area (Å²) in [6.45, 7) is 3.46. The van der Waals surface area contributed by atoms with Crippen LogP contribution in [0.25, 0.3) is 0 Å². The minimum absolute atomic E-state index is 0.537. The summed E-state index contributed by atoms with van der Waals surface area (Å²) in [5.74, 6) is 0.537. The highest BCUT2D eigenvalue weighted by molar-refractivity contribution is 5.99. The molecule has 2 aromatic carbocycles. The van der Waals surface area contributed by atoms with Crippen LogP contribution in [-0.2, 0) is 4.74 Å². The number of ether oxygens (including phenoxy) is 1. The van der Waals surface area contributed by atoms with Crippen molar-refractivity contribution in [1.82, 2.24) is 0 Å². The van der Waals surface area contributed by atoms with Gasteiger partial charge >= 0.3 is 0 Å². The molecule has 1 fully saturated rings. The first-order valence-corrected chi connectivity index (χ1v) is 7.15. The third-order valence-corrected chi connectivity index (χ3v) is 3.55. The molecule has 0 atom stereocenters. The number of benzene rings is 2. The van der Waals surface area contributed by atoms with Crippen molar-refractivity contribution in [3.8, 4) is 0 Å². The fraction of sp³-hybridized carbons (Fsp3) is 0.235. The number of nitrogens with zero attached hydrogens (tertiary/aromatic N) is 2. The first-order valence-electron chi connectivity index (χ1n) is 7.15. The van der Waals surface area contributed by atoms with Crippen molar-refractivity contribution in [2.75, 3.05) is 31.2 Å². The predicted molar refractivity (Wildman–Crippen MR) is 86.3 cm³/mol. The summed E-state index contributed by atoms with van der Waals surface area (Å²) in [6.07, 6.45) is 0. The number of amidine groups is 1. The van der Waals surface area contributed by atoms with Crippen LogP contribution in [0.5, 0.6) is 0 Å². The number of anilines is 1. The summed E-state index contributed by atoms with van der Waals surface area (Å²) in [7, 11) is 0. The summed E-state index contributed by atoms with van der Waals surface area (Å²) >= 11 is 0. The Balaban J connectivity index is 1.75. The molecule has 2 N–H and O–H groups in total. The van der Waals surface area contributed by atoms with E-state index < -0.39 is 0 Å². The van der Waals surface area contributed by atoms with Crippen LogP contribution in [0.4, 0.5) is 11.4 Å². The maximum absolute atomic E-state index is 6.03. The molecule has 4 heteroatoms. The molecule has 1 saturated heterocycles. The Kier molecular flexibility index (Phi) is 4.17. The number of hydrogen-bond donors (Lipinski definition) is 1. The molecule has 1 heterocycles. The average molecular weight is 281 g/mol. The van der Waals surface area contributed by atoms with Gasteiger partial charge in [-0.15, -0.1) is 0 Å². The quantitative estimate of drug-likeness (QED) is 0.695. The average Bonchev–Trinajstić information content (AvgIpc) is 2.57. The minimum Gasteiger partial charge on any atom is -0.383 e. The third kappa shape index (κ3) is 3.41. The molecule has 0 spiro atoms. The largest absolute Gasteiger partial charge is 0.383 e. The van der Waals surface area contributed by atoms with E-state index in [2.05, 4.69) is 22.0 Å². The monoisotopic (exact) mass is 281 g/mol. The van der Waals surface area contributed by atoms with E-state index in [-0.39, 0.29) is 0 Å². The van der Waals surface area contributed by atoms with Gasteiger partial charge in [0.15, 0.2) is 0 Å². The van der Waals surface area contributed by atoms with Gasteiger partial charge in [-0.1, -0.05) is 30.3 Å². The van der Waals surface area contributed by atoms with Gasteiger partial charge in [0, 0.05) is 24.3 Å². The van der Waals surface area contributed by atoms with Gasteiger partial charge in [0.1, 0.15) is 5.84 Å². The summed E-state index contributed by atoms with van der Waals surface area (Å²) in [6, 6.07) is 18.0. The summed E-state index contributed by atoms with van der Waals surface area (Å²) in [4.78, 5) is 6.78. The van der Waals surface area contributed by atoms with E-state index in [0.29, 0.717) is 5.84 Å². The Morgan fingerprint density at radius 3 is 2.29 bits per heavy atom. The highest BCUT2D eigenvalue weighted by Crippen LogP contribution is 2.21. The standard InChI is InChI=1S/C17H19N3O/c18-17(14-4-2-1-3-5-14)19-15-6-8-16(9-7-15)20-10-12-21-13-11-20/h1-9H,10-13H2,(H2,18,19). The van der Waals surface area contributed by atoms with Crippen molar-refractivity contribution in [2.45, 2.75) is 0 Å². The van der Waals surface area contributed by atoms with Crippen molar-refractivity contribution in [3.05, 3.63) is 60.2 Å². The lowest BCUT2D eigenvalue weighted by atomic mass is 10.2. The molecule has 1 aliphatic rings. The van der Waals surface area contributed by atoms with Crippen molar-refractivity contribution >= 4 is 17.2 Å². The first kappa shape index (κ1) is 13.6. The van der Waals surface area contributed by atoms with Crippen LogP contribution in [0.15, 0.2) is 59.6 Å². The topological polar surface area (TPSA) is 50.8 Å². The normalized spacial score (nSPS) is 16.0. The van der Waals surface area contributed by atoms with Gasteiger partial charge in [0.25, 0.3) is 0 Å². The molecule has 108 valence electrons. The lowest BCUT2D eigenvalue weighted by Gasteiger charge is -2.28. The second kappa shape index (κ2) is 6.41. The third-order valence-electron chi connectivity index (χ3n) is 3.55. The molecular formula is C17H19N3O. The lowest BCUT2D eigenvalue weighted by molar-refractivity contribution is 0.122. The van der Waals surface area contributed by atoms with E-state index in [1.165, 1.54) is 5.69 Å². The molecule has 21 heavy (non-hydrogen) atoms. The summed E-state index contributed by atoms with van der Waals surface area (Å²) in [5.41, 5.74) is 9.04. The number of aliphatic imine (C=N–C) groups is 1. The van der Waals surface area contributed by atoms with Gasteiger partial charge in [0.05, 0.1) is 18.9 Å². The van der Waals surface area contributed by atoms with Crippen LogP contribution >= 0.6 is 0 Å². The zero-order chi connectivity index (χ0) is 14.5.